The summed E-state index contributed by atoms with van der Waals surface area (Å²) < 4.78 is 5.49. The predicted molar refractivity (Wildman–Crippen MR) is 80.5 cm³/mol. The van der Waals surface area contributed by atoms with Gasteiger partial charge in [0.2, 0.25) is 0 Å². The molecule has 2 aliphatic heterocycles. The molecular weight excluding hydrogens is 236 g/mol. The van der Waals surface area contributed by atoms with Crippen molar-refractivity contribution in [1.29, 1.82) is 0 Å². The van der Waals surface area contributed by atoms with E-state index < -0.39 is 0 Å². The third kappa shape index (κ3) is 4.17. The Bertz CT molecular complexity index is 265. The van der Waals surface area contributed by atoms with E-state index in [4.69, 9.17) is 4.74 Å². The average molecular weight is 268 g/mol. The molecule has 0 aromatic carbocycles. The monoisotopic (exact) mass is 268 g/mol. The average Bonchev–Trinajstić information content (AvgIpc) is 2.43. The first-order chi connectivity index (χ1) is 9.17. The third-order valence-corrected chi connectivity index (χ3v) is 5.07. The first-order valence-corrected chi connectivity index (χ1v) is 8.23. The van der Waals surface area contributed by atoms with Gasteiger partial charge in [0.1, 0.15) is 0 Å². The lowest BCUT2D eigenvalue weighted by Gasteiger charge is -2.47. The van der Waals surface area contributed by atoms with Gasteiger partial charge in [0.15, 0.2) is 0 Å². The van der Waals surface area contributed by atoms with Crippen LogP contribution in [-0.4, -0.2) is 49.3 Å². The van der Waals surface area contributed by atoms with E-state index in [1.54, 1.807) is 0 Å². The van der Waals surface area contributed by atoms with Crippen molar-refractivity contribution in [3.63, 3.8) is 0 Å². The smallest absolute Gasteiger partial charge is 0.0469 e. The largest absolute Gasteiger partial charge is 0.381 e. The van der Waals surface area contributed by atoms with Gasteiger partial charge >= 0.3 is 0 Å². The summed E-state index contributed by atoms with van der Waals surface area (Å²) in [6.45, 7) is 12.6. The number of nitrogens with one attached hydrogen (secondary N) is 1. The van der Waals surface area contributed by atoms with Crippen LogP contribution in [-0.2, 0) is 4.74 Å². The molecule has 3 heteroatoms. The molecule has 1 N–H and O–H groups in total. The predicted octanol–water partition coefficient (Wildman–Crippen LogP) is 2.66. The van der Waals surface area contributed by atoms with Gasteiger partial charge in [0.05, 0.1) is 0 Å². The minimum atomic E-state index is 0.315. The fraction of sp³-hybridized carbons (Fsp3) is 1.00. The summed E-state index contributed by atoms with van der Waals surface area (Å²) in [5.41, 5.74) is 0.315. The lowest BCUT2D eigenvalue weighted by atomic mass is 9.90. The van der Waals surface area contributed by atoms with E-state index in [2.05, 4.69) is 31.0 Å². The molecule has 0 amide bonds. The zero-order chi connectivity index (χ0) is 13.7. The first kappa shape index (κ1) is 15.3. The van der Waals surface area contributed by atoms with E-state index in [0.717, 1.165) is 25.2 Å². The van der Waals surface area contributed by atoms with Crippen molar-refractivity contribution in [3.05, 3.63) is 0 Å². The van der Waals surface area contributed by atoms with E-state index in [9.17, 15) is 0 Å². The van der Waals surface area contributed by atoms with Crippen molar-refractivity contribution in [2.24, 2.45) is 5.92 Å². The highest BCUT2D eigenvalue weighted by atomic mass is 16.5. The molecule has 0 bridgehead atoms. The number of ether oxygens (including phenoxy) is 1. The Hall–Kier alpha value is -0.120. The topological polar surface area (TPSA) is 24.5 Å². The van der Waals surface area contributed by atoms with Crippen LogP contribution in [0.1, 0.15) is 52.9 Å². The minimum absolute atomic E-state index is 0.315. The molecule has 19 heavy (non-hydrogen) atoms. The molecule has 0 radical (unpaired) electrons. The number of nitrogens with zero attached hydrogens (tertiary/aromatic N) is 1. The normalized spacial score (nSPS) is 34.6. The molecule has 0 aliphatic carbocycles. The van der Waals surface area contributed by atoms with Crippen LogP contribution in [0, 0.1) is 5.92 Å². The molecule has 2 saturated heterocycles. The van der Waals surface area contributed by atoms with Gasteiger partial charge in [0, 0.05) is 44.4 Å². The maximum atomic E-state index is 5.49. The molecule has 0 saturated carbocycles. The van der Waals surface area contributed by atoms with Crippen LogP contribution in [0.5, 0.6) is 0 Å². The molecule has 2 atom stereocenters. The lowest BCUT2D eigenvalue weighted by Crippen LogP contribution is -2.63. The first-order valence-electron chi connectivity index (χ1n) is 8.23. The summed E-state index contributed by atoms with van der Waals surface area (Å²) in [6.07, 6.45) is 6.35. The van der Waals surface area contributed by atoms with Gasteiger partial charge < -0.3 is 10.1 Å². The van der Waals surface area contributed by atoms with E-state index in [0.29, 0.717) is 5.54 Å². The molecule has 2 rings (SSSR count). The van der Waals surface area contributed by atoms with E-state index in [1.165, 1.54) is 51.7 Å². The van der Waals surface area contributed by atoms with Crippen molar-refractivity contribution in [3.8, 4) is 0 Å². The highest BCUT2D eigenvalue weighted by Crippen LogP contribution is 2.25. The summed E-state index contributed by atoms with van der Waals surface area (Å²) in [5, 5.41) is 3.78. The second-order valence-corrected chi connectivity index (χ2v) is 6.72. The van der Waals surface area contributed by atoms with Crippen LogP contribution in [0.4, 0.5) is 0 Å². The van der Waals surface area contributed by atoms with Crippen molar-refractivity contribution in [2.45, 2.75) is 64.5 Å². The standard InChI is InChI=1S/C16H32N2O/c1-4-6-15-11-17-16(3,5-2)13-18(15)12-14-7-9-19-10-8-14/h14-15,17H,4-13H2,1-3H3. The van der Waals surface area contributed by atoms with Crippen molar-refractivity contribution >= 4 is 0 Å². The molecule has 2 heterocycles. The Morgan fingerprint density at radius 2 is 2.00 bits per heavy atom. The maximum Gasteiger partial charge on any atom is 0.0469 e. The molecule has 0 aromatic heterocycles. The van der Waals surface area contributed by atoms with E-state index >= 15 is 0 Å². The highest BCUT2D eigenvalue weighted by molar-refractivity contribution is 4.94. The second-order valence-electron chi connectivity index (χ2n) is 6.72. The fourth-order valence-electron chi connectivity index (χ4n) is 3.46. The number of piperazine rings is 1. The summed E-state index contributed by atoms with van der Waals surface area (Å²) >= 11 is 0. The van der Waals surface area contributed by atoms with Gasteiger partial charge in [-0.2, -0.15) is 0 Å². The van der Waals surface area contributed by atoms with Gasteiger partial charge in [-0.3, -0.25) is 4.90 Å². The summed E-state index contributed by atoms with van der Waals surface area (Å²) in [6, 6.07) is 0.743. The van der Waals surface area contributed by atoms with Crippen LogP contribution in [0.3, 0.4) is 0 Å². The molecule has 2 unspecified atom stereocenters. The Balaban J connectivity index is 1.94. The van der Waals surface area contributed by atoms with Gasteiger partial charge in [-0.15, -0.1) is 0 Å². The maximum absolute atomic E-state index is 5.49. The van der Waals surface area contributed by atoms with Gasteiger partial charge in [-0.05, 0) is 38.5 Å². The Morgan fingerprint density at radius 3 is 2.63 bits per heavy atom. The van der Waals surface area contributed by atoms with Gasteiger partial charge in [0.25, 0.3) is 0 Å². The summed E-state index contributed by atoms with van der Waals surface area (Å²) in [5.74, 6) is 0.854. The van der Waals surface area contributed by atoms with Crippen LogP contribution in [0.2, 0.25) is 0 Å². The van der Waals surface area contributed by atoms with Crippen LogP contribution in [0.25, 0.3) is 0 Å². The summed E-state index contributed by atoms with van der Waals surface area (Å²) in [4.78, 5) is 2.78. The second kappa shape index (κ2) is 7.05. The SMILES string of the molecule is CCCC1CNC(C)(CC)CN1CC1CCOCC1. The molecule has 0 aromatic rings. The minimum Gasteiger partial charge on any atom is -0.381 e. The Labute approximate surface area is 119 Å². The highest BCUT2D eigenvalue weighted by Gasteiger charge is 2.35. The van der Waals surface area contributed by atoms with Crippen LogP contribution >= 0.6 is 0 Å². The summed E-state index contributed by atoms with van der Waals surface area (Å²) in [7, 11) is 0. The van der Waals surface area contributed by atoms with E-state index in [1.807, 2.05) is 0 Å². The van der Waals surface area contributed by atoms with Crippen molar-refractivity contribution < 1.29 is 4.74 Å². The van der Waals surface area contributed by atoms with Crippen LogP contribution < -0.4 is 5.32 Å². The molecule has 2 fully saturated rings. The quantitative estimate of drug-likeness (QED) is 0.829. The van der Waals surface area contributed by atoms with E-state index in [-0.39, 0.29) is 0 Å². The van der Waals surface area contributed by atoms with Crippen molar-refractivity contribution in [1.82, 2.24) is 10.2 Å². The lowest BCUT2D eigenvalue weighted by molar-refractivity contribution is 0.0217. The molecular formula is C16H32N2O. The van der Waals surface area contributed by atoms with Crippen LogP contribution in [0.15, 0.2) is 0 Å². The zero-order valence-corrected chi connectivity index (χ0v) is 13.1. The number of hydrogen-bond donors (Lipinski definition) is 1. The Kier molecular flexibility index (Phi) is 5.67. The third-order valence-electron chi connectivity index (χ3n) is 5.07. The molecule has 2 aliphatic rings. The molecule has 112 valence electrons. The van der Waals surface area contributed by atoms with Gasteiger partial charge in [-0.25, -0.2) is 0 Å². The molecule has 3 nitrogen and oxygen atoms in total. The Morgan fingerprint density at radius 1 is 1.26 bits per heavy atom. The number of rotatable bonds is 5. The molecule has 0 spiro atoms. The zero-order valence-electron chi connectivity index (χ0n) is 13.1. The van der Waals surface area contributed by atoms with Crippen molar-refractivity contribution in [2.75, 3.05) is 32.8 Å². The number of hydrogen-bond acceptors (Lipinski definition) is 3. The van der Waals surface area contributed by atoms with Gasteiger partial charge in [-0.1, -0.05) is 20.3 Å². The fourth-order valence-corrected chi connectivity index (χ4v) is 3.46.